The second-order valence-corrected chi connectivity index (χ2v) is 6.35. The summed E-state index contributed by atoms with van der Waals surface area (Å²) >= 11 is 0. The Bertz CT molecular complexity index is 623. The van der Waals surface area contributed by atoms with Gasteiger partial charge in [0, 0.05) is 37.9 Å². The molecule has 2 fully saturated rings. The Morgan fingerprint density at radius 2 is 1.76 bits per heavy atom. The number of likely N-dealkylation sites (N-methyl/N-ethyl adjacent to an activating group) is 1. The average Bonchev–Trinajstić information content (AvgIpc) is 3.23. The van der Waals surface area contributed by atoms with Crippen LogP contribution in [0.1, 0.15) is 40.5 Å². The van der Waals surface area contributed by atoms with E-state index in [9.17, 15) is 9.59 Å². The van der Waals surface area contributed by atoms with Crippen molar-refractivity contribution in [3.8, 4) is 0 Å². The maximum absolute atomic E-state index is 12.7. The van der Waals surface area contributed by atoms with Crippen molar-refractivity contribution in [1.29, 1.82) is 0 Å². The van der Waals surface area contributed by atoms with Crippen LogP contribution in [0.5, 0.6) is 0 Å². The Morgan fingerprint density at radius 1 is 1.14 bits per heavy atom. The molecule has 0 spiro atoms. The third-order valence-corrected chi connectivity index (χ3v) is 4.55. The van der Waals surface area contributed by atoms with Crippen LogP contribution in [0.2, 0.25) is 0 Å². The highest BCUT2D eigenvalue weighted by Gasteiger charge is 2.30. The van der Waals surface area contributed by atoms with Gasteiger partial charge in [0.1, 0.15) is 5.56 Å². The Hall–Kier alpha value is -1.62. The lowest BCUT2D eigenvalue weighted by molar-refractivity contribution is 0.0661. The van der Waals surface area contributed by atoms with E-state index in [1.165, 1.54) is 0 Å². The normalized spacial score (nSPS) is 19.9. The molecule has 0 aromatic carbocycles. The van der Waals surface area contributed by atoms with Crippen molar-refractivity contribution in [2.24, 2.45) is 0 Å². The highest BCUT2D eigenvalue weighted by Crippen LogP contribution is 2.34. The van der Waals surface area contributed by atoms with E-state index in [0.717, 1.165) is 37.2 Å². The molecule has 21 heavy (non-hydrogen) atoms. The lowest BCUT2D eigenvalue weighted by atomic mass is 10.1. The van der Waals surface area contributed by atoms with Crippen LogP contribution < -0.4 is 5.56 Å². The van der Waals surface area contributed by atoms with E-state index in [1.54, 1.807) is 0 Å². The van der Waals surface area contributed by atoms with Gasteiger partial charge in [-0.05, 0) is 45.4 Å². The molecule has 1 aliphatic carbocycles. The number of aromatic nitrogens is 1. The summed E-state index contributed by atoms with van der Waals surface area (Å²) in [6.45, 7) is 6.96. The summed E-state index contributed by atoms with van der Waals surface area (Å²) in [7, 11) is 2.05. The van der Waals surface area contributed by atoms with E-state index < -0.39 is 0 Å². The second kappa shape index (κ2) is 5.30. The number of hydrogen-bond donors (Lipinski definition) is 0. The molecule has 0 unspecified atom stereocenters. The summed E-state index contributed by atoms with van der Waals surface area (Å²) in [6.07, 6.45) is 2.10. The molecule has 5 nitrogen and oxygen atoms in total. The summed E-state index contributed by atoms with van der Waals surface area (Å²) in [6, 6.07) is 2.28. The molecule has 5 heteroatoms. The van der Waals surface area contributed by atoms with Gasteiger partial charge in [-0.2, -0.15) is 0 Å². The van der Waals surface area contributed by atoms with E-state index in [1.807, 2.05) is 29.4 Å². The van der Waals surface area contributed by atoms with Gasteiger partial charge in [0.2, 0.25) is 0 Å². The summed E-state index contributed by atoms with van der Waals surface area (Å²) in [4.78, 5) is 29.5. The molecular formula is C16H23N3O2. The molecule has 0 bridgehead atoms. The van der Waals surface area contributed by atoms with E-state index in [2.05, 4.69) is 11.9 Å². The highest BCUT2D eigenvalue weighted by atomic mass is 16.2. The highest BCUT2D eigenvalue weighted by molar-refractivity contribution is 5.95. The van der Waals surface area contributed by atoms with Crippen molar-refractivity contribution in [2.75, 3.05) is 33.2 Å². The quantitative estimate of drug-likeness (QED) is 0.821. The Labute approximate surface area is 125 Å². The van der Waals surface area contributed by atoms with Gasteiger partial charge in [-0.3, -0.25) is 9.59 Å². The number of pyridine rings is 1. The van der Waals surface area contributed by atoms with E-state index in [-0.39, 0.29) is 11.5 Å². The number of hydrogen-bond acceptors (Lipinski definition) is 3. The van der Waals surface area contributed by atoms with Crippen LogP contribution in [0.4, 0.5) is 0 Å². The number of piperazine rings is 1. The van der Waals surface area contributed by atoms with E-state index in [4.69, 9.17) is 0 Å². The lowest BCUT2D eigenvalue weighted by Gasteiger charge is -2.32. The lowest BCUT2D eigenvalue weighted by Crippen LogP contribution is -2.48. The van der Waals surface area contributed by atoms with Crippen LogP contribution in [0, 0.1) is 13.8 Å². The molecule has 0 radical (unpaired) electrons. The minimum Gasteiger partial charge on any atom is -0.336 e. The van der Waals surface area contributed by atoms with Crippen molar-refractivity contribution < 1.29 is 4.79 Å². The average molecular weight is 289 g/mol. The van der Waals surface area contributed by atoms with Crippen molar-refractivity contribution in [2.45, 2.75) is 32.7 Å². The fourth-order valence-electron chi connectivity index (χ4n) is 3.12. The first-order valence-corrected chi connectivity index (χ1v) is 7.69. The standard InChI is InChI=1S/C16H23N3O2/c1-11-10-12(2)19(13-4-5-13)16(21)14(11)15(20)18-8-6-17(3)7-9-18/h10,13H,4-9H2,1-3H3. The summed E-state index contributed by atoms with van der Waals surface area (Å²) in [5.41, 5.74) is 2.05. The first kappa shape index (κ1) is 14.3. The number of carbonyl (C=O) groups excluding carboxylic acids is 1. The van der Waals surface area contributed by atoms with Crippen molar-refractivity contribution in [1.82, 2.24) is 14.4 Å². The SMILES string of the molecule is Cc1cc(C)n(C2CC2)c(=O)c1C(=O)N1CCN(C)CC1. The third-order valence-electron chi connectivity index (χ3n) is 4.55. The number of rotatable bonds is 2. The summed E-state index contributed by atoms with van der Waals surface area (Å²) < 4.78 is 1.82. The predicted molar refractivity (Wildman–Crippen MR) is 81.8 cm³/mol. The minimum absolute atomic E-state index is 0.0972. The molecule has 3 rings (SSSR count). The summed E-state index contributed by atoms with van der Waals surface area (Å²) in [5, 5.41) is 0. The van der Waals surface area contributed by atoms with Crippen LogP contribution in [-0.2, 0) is 0 Å². The number of aryl methyl sites for hydroxylation is 2. The maximum atomic E-state index is 12.7. The monoisotopic (exact) mass is 289 g/mol. The topological polar surface area (TPSA) is 45.6 Å². The van der Waals surface area contributed by atoms with Gasteiger partial charge in [0.15, 0.2) is 0 Å². The molecule has 114 valence electrons. The van der Waals surface area contributed by atoms with Gasteiger partial charge in [-0.25, -0.2) is 0 Å². The minimum atomic E-state index is -0.0982. The zero-order valence-electron chi connectivity index (χ0n) is 13.1. The predicted octanol–water partition coefficient (Wildman–Crippen LogP) is 1.19. The molecule has 2 aliphatic rings. The molecule has 1 aliphatic heterocycles. The second-order valence-electron chi connectivity index (χ2n) is 6.35. The van der Waals surface area contributed by atoms with Crippen LogP contribution in [0.25, 0.3) is 0 Å². The van der Waals surface area contributed by atoms with Crippen LogP contribution in [0.3, 0.4) is 0 Å². The largest absolute Gasteiger partial charge is 0.336 e. The fourth-order valence-corrected chi connectivity index (χ4v) is 3.12. The van der Waals surface area contributed by atoms with Crippen LogP contribution in [0.15, 0.2) is 10.9 Å². The van der Waals surface area contributed by atoms with Crippen molar-refractivity contribution >= 4 is 5.91 Å². The Balaban J connectivity index is 1.96. The Morgan fingerprint density at radius 3 is 2.33 bits per heavy atom. The molecule has 2 heterocycles. The molecular weight excluding hydrogens is 266 g/mol. The van der Waals surface area contributed by atoms with Gasteiger partial charge >= 0.3 is 0 Å². The number of nitrogens with zero attached hydrogens (tertiary/aromatic N) is 3. The van der Waals surface area contributed by atoms with Crippen LogP contribution in [-0.4, -0.2) is 53.5 Å². The molecule has 1 saturated carbocycles. The van der Waals surface area contributed by atoms with Gasteiger partial charge in [0.25, 0.3) is 11.5 Å². The van der Waals surface area contributed by atoms with Gasteiger partial charge in [-0.1, -0.05) is 0 Å². The third kappa shape index (κ3) is 2.62. The van der Waals surface area contributed by atoms with Crippen LogP contribution >= 0.6 is 0 Å². The number of carbonyl (C=O) groups is 1. The zero-order valence-corrected chi connectivity index (χ0v) is 13.1. The van der Waals surface area contributed by atoms with E-state index in [0.29, 0.717) is 24.7 Å². The molecule has 1 aromatic heterocycles. The summed E-state index contributed by atoms with van der Waals surface area (Å²) in [5.74, 6) is -0.0972. The molecule has 1 saturated heterocycles. The molecule has 1 aromatic rings. The van der Waals surface area contributed by atoms with Gasteiger partial charge < -0.3 is 14.4 Å². The first-order valence-electron chi connectivity index (χ1n) is 7.69. The maximum Gasteiger partial charge on any atom is 0.264 e. The smallest absolute Gasteiger partial charge is 0.264 e. The molecule has 0 atom stereocenters. The Kier molecular flexibility index (Phi) is 3.61. The first-order chi connectivity index (χ1) is 9.99. The zero-order chi connectivity index (χ0) is 15.1. The fraction of sp³-hybridized carbons (Fsp3) is 0.625. The molecule has 0 N–H and O–H groups in total. The van der Waals surface area contributed by atoms with Gasteiger partial charge in [-0.15, -0.1) is 0 Å². The number of amides is 1. The van der Waals surface area contributed by atoms with Crippen molar-refractivity contribution in [3.05, 3.63) is 33.2 Å². The van der Waals surface area contributed by atoms with Crippen molar-refractivity contribution in [3.63, 3.8) is 0 Å². The van der Waals surface area contributed by atoms with E-state index >= 15 is 0 Å². The molecule has 1 amide bonds. The van der Waals surface area contributed by atoms with Gasteiger partial charge in [0.05, 0.1) is 0 Å².